The molecule has 1 aromatic heterocycles. The number of thiophene rings is 1. The van der Waals surface area contributed by atoms with Crippen LogP contribution in [0.1, 0.15) is 27.7 Å². The van der Waals surface area contributed by atoms with E-state index in [1.807, 2.05) is 26.2 Å². The summed E-state index contributed by atoms with van der Waals surface area (Å²) in [5.74, 6) is -0.0284. The lowest BCUT2D eigenvalue weighted by Gasteiger charge is -2.05. The first-order valence-electron chi connectivity index (χ1n) is 4.49. The molecular weight excluding hydrogens is 218 g/mol. The summed E-state index contributed by atoms with van der Waals surface area (Å²) in [6, 6.07) is 0. The van der Waals surface area contributed by atoms with Crippen LogP contribution in [0.5, 0.6) is 0 Å². The van der Waals surface area contributed by atoms with Crippen molar-refractivity contribution < 1.29 is 4.79 Å². The smallest absolute Gasteiger partial charge is 0.252 e. The fraction of sp³-hybridized carbons (Fsp3) is 0.500. The van der Waals surface area contributed by atoms with Crippen molar-refractivity contribution in [1.82, 2.24) is 5.32 Å². The summed E-state index contributed by atoms with van der Waals surface area (Å²) in [7, 11) is 0. The van der Waals surface area contributed by atoms with Gasteiger partial charge in [0.2, 0.25) is 0 Å². The molecule has 0 bridgehead atoms. The Morgan fingerprint density at radius 2 is 2.29 bits per heavy atom. The first-order valence-corrected chi connectivity index (χ1v) is 5.81. The molecule has 0 radical (unpaired) electrons. The van der Waals surface area contributed by atoms with Crippen LogP contribution in [0.15, 0.2) is 5.38 Å². The number of carbonyl (C=O) groups excluding carboxylic acids is 1. The van der Waals surface area contributed by atoms with Gasteiger partial charge in [-0.3, -0.25) is 4.79 Å². The standard InChI is InChI=1S/C10H14ClNOS/c1-6(11)4-12-10(13)9-5-14-8(3)7(9)2/h5-6H,4H2,1-3H3,(H,12,13). The van der Waals surface area contributed by atoms with Crippen LogP contribution in [0.3, 0.4) is 0 Å². The van der Waals surface area contributed by atoms with E-state index in [2.05, 4.69) is 5.32 Å². The zero-order valence-electron chi connectivity index (χ0n) is 8.56. The molecule has 0 aromatic carbocycles. The van der Waals surface area contributed by atoms with E-state index in [9.17, 15) is 4.79 Å². The lowest BCUT2D eigenvalue weighted by atomic mass is 10.1. The van der Waals surface area contributed by atoms with Gasteiger partial charge in [-0.25, -0.2) is 0 Å². The molecule has 0 aliphatic heterocycles. The monoisotopic (exact) mass is 231 g/mol. The molecule has 2 nitrogen and oxygen atoms in total. The van der Waals surface area contributed by atoms with E-state index in [0.717, 1.165) is 11.1 Å². The molecule has 1 N–H and O–H groups in total. The molecule has 0 spiro atoms. The number of amides is 1. The molecule has 1 aromatic rings. The molecule has 1 heterocycles. The second-order valence-corrected chi connectivity index (χ2v) is 5.15. The van der Waals surface area contributed by atoms with Gasteiger partial charge in [0.05, 0.1) is 5.56 Å². The number of hydrogen-bond acceptors (Lipinski definition) is 2. The SMILES string of the molecule is Cc1scc(C(=O)NCC(C)Cl)c1C. The Morgan fingerprint density at radius 1 is 1.64 bits per heavy atom. The zero-order chi connectivity index (χ0) is 10.7. The number of alkyl halides is 1. The molecule has 14 heavy (non-hydrogen) atoms. The maximum Gasteiger partial charge on any atom is 0.252 e. The van der Waals surface area contributed by atoms with Crippen molar-refractivity contribution in [1.29, 1.82) is 0 Å². The summed E-state index contributed by atoms with van der Waals surface area (Å²) in [5.41, 5.74) is 1.83. The largest absolute Gasteiger partial charge is 0.351 e. The molecule has 0 aliphatic carbocycles. The topological polar surface area (TPSA) is 29.1 Å². The van der Waals surface area contributed by atoms with Crippen LogP contribution in [-0.4, -0.2) is 17.8 Å². The number of halogens is 1. The Kier molecular flexibility index (Phi) is 3.96. The Bertz CT molecular complexity index is 333. The van der Waals surface area contributed by atoms with Crippen LogP contribution >= 0.6 is 22.9 Å². The number of rotatable bonds is 3. The molecular formula is C10H14ClNOS. The van der Waals surface area contributed by atoms with Gasteiger partial charge in [-0.1, -0.05) is 0 Å². The summed E-state index contributed by atoms with van der Waals surface area (Å²) in [6.45, 7) is 6.34. The van der Waals surface area contributed by atoms with Crippen LogP contribution in [0.25, 0.3) is 0 Å². The minimum atomic E-state index is -0.0287. The van der Waals surface area contributed by atoms with Gasteiger partial charge in [0, 0.05) is 22.2 Å². The van der Waals surface area contributed by atoms with E-state index in [1.165, 1.54) is 4.88 Å². The highest BCUT2D eigenvalue weighted by Gasteiger charge is 2.12. The van der Waals surface area contributed by atoms with Gasteiger partial charge in [-0.05, 0) is 26.3 Å². The molecule has 0 fully saturated rings. The lowest BCUT2D eigenvalue weighted by molar-refractivity contribution is 0.0954. The molecule has 1 unspecified atom stereocenters. The predicted molar refractivity (Wildman–Crippen MR) is 61.4 cm³/mol. The second kappa shape index (κ2) is 4.80. The Hall–Kier alpha value is -0.540. The van der Waals surface area contributed by atoms with Gasteiger partial charge >= 0.3 is 0 Å². The highest BCUT2D eigenvalue weighted by molar-refractivity contribution is 7.10. The van der Waals surface area contributed by atoms with Crippen LogP contribution in [0.2, 0.25) is 0 Å². The molecule has 1 amide bonds. The van der Waals surface area contributed by atoms with Gasteiger partial charge < -0.3 is 5.32 Å². The fourth-order valence-corrected chi connectivity index (χ4v) is 2.01. The van der Waals surface area contributed by atoms with Crippen molar-refractivity contribution in [2.45, 2.75) is 26.1 Å². The summed E-state index contributed by atoms with van der Waals surface area (Å²) < 4.78 is 0. The third-order valence-corrected chi connectivity index (χ3v) is 3.24. The van der Waals surface area contributed by atoms with Crippen molar-refractivity contribution >= 4 is 28.8 Å². The molecule has 1 rings (SSSR count). The number of aryl methyl sites for hydroxylation is 1. The minimum Gasteiger partial charge on any atom is -0.351 e. The maximum atomic E-state index is 11.6. The van der Waals surface area contributed by atoms with Gasteiger partial charge in [-0.15, -0.1) is 22.9 Å². The third-order valence-electron chi connectivity index (χ3n) is 2.07. The fourth-order valence-electron chi connectivity index (χ4n) is 1.07. The Morgan fingerprint density at radius 3 is 2.71 bits per heavy atom. The minimum absolute atomic E-state index is 0.0284. The Labute approximate surface area is 93.3 Å². The maximum absolute atomic E-state index is 11.6. The van der Waals surface area contributed by atoms with E-state index in [1.54, 1.807) is 11.3 Å². The van der Waals surface area contributed by atoms with Gasteiger partial charge in [0.25, 0.3) is 5.91 Å². The summed E-state index contributed by atoms with van der Waals surface area (Å²) in [4.78, 5) is 12.8. The van der Waals surface area contributed by atoms with Crippen molar-refractivity contribution in [2.24, 2.45) is 0 Å². The van der Waals surface area contributed by atoms with Gasteiger partial charge in [0.15, 0.2) is 0 Å². The molecule has 1 atom stereocenters. The van der Waals surface area contributed by atoms with E-state index >= 15 is 0 Å². The molecule has 0 aliphatic rings. The third kappa shape index (κ3) is 2.72. The van der Waals surface area contributed by atoms with Crippen LogP contribution in [0.4, 0.5) is 0 Å². The van der Waals surface area contributed by atoms with E-state index in [-0.39, 0.29) is 11.3 Å². The van der Waals surface area contributed by atoms with E-state index < -0.39 is 0 Å². The average molecular weight is 232 g/mol. The van der Waals surface area contributed by atoms with Crippen LogP contribution in [0, 0.1) is 13.8 Å². The number of carbonyl (C=O) groups is 1. The summed E-state index contributed by atoms with van der Waals surface area (Å²) in [6.07, 6.45) is 0. The lowest BCUT2D eigenvalue weighted by Crippen LogP contribution is -2.28. The van der Waals surface area contributed by atoms with Gasteiger partial charge in [0.1, 0.15) is 0 Å². The normalized spacial score (nSPS) is 12.6. The van der Waals surface area contributed by atoms with E-state index in [4.69, 9.17) is 11.6 Å². The first kappa shape index (κ1) is 11.5. The van der Waals surface area contributed by atoms with Gasteiger partial charge in [-0.2, -0.15) is 0 Å². The van der Waals surface area contributed by atoms with E-state index in [0.29, 0.717) is 6.54 Å². The molecule has 78 valence electrons. The summed E-state index contributed by atoms with van der Waals surface area (Å²) in [5, 5.41) is 4.65. The summed E-state index contributed by atoms with van der Waals surface area (Å²) >= 11 is 7.34. The molecule has 0 saturated carbocycles. The van der Waals surface area contributed by atoms with Crippen molar-refractivity contribution in [3.8, 4) is 0 Å². The van der Waals surface area contributed by atoms with Crippen LogP contribution in [-0.2, 0) is 0 Å². The Balaban J connectivity index is 2.66. The van der Waals surface area contributed by atoms with Crippen molar-refractivity contribution in [3.63, 3.8) is 0 Å². The zero-order valence-corrected chi connectivity index (χ0v) is 10.1. The average Bonchev–Trinajstić information content (AvgIpc) is 2.44. The number of hydrogen-bond donors (Lipinski definition) is 1. The molecule has 0 saturated heterocycles. The quantitative estimate of drug-likeness (QED) is 0.797. The predicted octanol–water partition coefficient (Wildman–Crippen LogP) is 2.72. The second-order valence-electron chi connectivity index (χ2n) is 3.32. The highest BCUT2D eigenvalue weighted by atomic mass is 35.5. The highest BCUT2D eigenvalue weighted by Crippen LogP contribution is 2.20. The van der Waals surface area contributed by atoms with Crippen molar-refractivity contribution in [2.75, 3.05) is 6.54 Å². The van der Waals surface area contributed by atoms with Crippen LogP contribution < -0.4 is 5.32 Å². The first-order chi connectivity index (χ1) is 6.52. The van der Waals surface area contributed by atoms with Crippen molar-refractivity contribution in [3.05, 3.63) is 21.4 Å². The molecule has 4 heteroatoms. The number of nitrogens with one attached hydrogen (secondary N) is 1.